The van der Waals surface area contributed by atoms with Crippen LogP contribution in [0, 0.1) is 0 Å². The Morgan fingerprint density at radius 2 is 1.69 bits per heavy atom. The number of hydrogen-bond donors (Lipinski definition) is 1. The van der Waals surface area contributed by atoms with Gasteiger partial charge in [-0.05, 0) is 12.1 Å². The number of benzene rings is 2. The van der Waals surface area contributed by atoms with E-state index in [0.717, 1.165) is 33.4 Å². The highest BCUT2D eigenvalue weighted by Gasteiger charge is 2.16. The van der Waals surface area contributed by atoms with Crippen LogP contribution in [-0.4, -0.2) is 33.6 Å². The van der Waals surface area contributed by atoms with Crippen molar-refractivity contribution in [3.8, 4) is 22.5 Å². The summed E-state index contributed by atoms with van der Waals surface area (Å²) in [6.07, 6.45) is 1.61. The first-order valence-electron chi connectivity index (χ1n) is 9.30. The SMILES string of the molecule is CN(Cc1ccco1)C(=O)CSc1nc(-c2ccccc2)c(-c2ccccc2)[nH]1. The first-order chi connectivity index (χ1) is 14.2. The third kappa shape index (κ3) is 4.60. The van der Waals surface area contributed by atoms with E-state index in [-0.39, 0.29) is 5.91 Å². The molecule has 0 saturated carbocycles. The van der Waals surface area contributed by atoms with E-state index in [2.05, 4.69) is 17.1 Å². The maximum Gasteiger partial charge on any atom is 0.233 e. The van der Waals surface area contributed by atoms with Gasteiger partial charge in [-0.3, -0.25) is 4.79 Å². The Labute approximate surface area is 173 Å². The summed E-state index contributed by atoms with van der Waals surface area (Å²) in [6, 6.07) is 23.9. The Morgan fingerprint density at radius 1 is 1.00 bits per heavy atom. The Balaban J connectivity index is 1.52. The predicted octanol–water partition coefficient (Wildman–Crippen LogP) is 5.09. The summed E-state index contributed by atoms with van der Waals surface area (Å²) in [7, 11) is 1.78. The monoisotopic (exact) mass is 403 g/mol. The van der Waals surface area contributed by atoms with Crippen LogP contribution in [0.25, 0.3) is 22.5 Å². The second kappa shape index (κ2) is 8.84. The van der Waals surface area contributed by atoms with Gasteiger partial charge in [0, 0.05) is 18.2 Å². The van der Waals surface area contributed by atoms with E-state index < -0.39 is 0 Å². The van der Waals surface area contributed by atoms with Gasteiger partial charge in [0.1, 0.15) is 5.76 Å². The molecular formula is C23H21N3O2S. The minimum Gasteiger partial charge on any atom is -0.467 e. The maximum atomic E-state index is 12.5. The quantitative estimate of drug-likeness (QED) is 0.437. The highest BCUT2D eigenvalue weighted by Crippen LogP contribution is 2.32. The van der Waals surface area contributed by atoms with Gasteiger partial charge in [0.25, 0.3) is 0 Å². The molecule has 0 fully saturated rings. The molecule has 0 spiro atoms. The summed E-state index contributed by atoms with van der Waals surface area (Å²) < 4.78 is 5.31. The lowest BCUT2D eigenvalue weighted by molar-refractivity contribution is -0.127. The zero-order chi connectivity index (χ0) is 20.1. The summed E-state index contributed by atoms with van der Waals surface area (Å²) in [5.74, 6) is 1.08. The summed E-state index contributed by atoms with van der Waals surface area (Å²) in [5.41, 5.74) is 3.94. The Bertz CT molecular complexity index is 1000. The summed E-state index contributed by atoms with van der Waals surface area (Å²) in [6.45, 7) is 0.453. The van der Waals surface area contributed by atoms with Crippen LogP contribution < -0.4 is 0 Å². The van der Waals surface area contributed by atoms with Gasteiger partial charge in [-0.15, -0.1) is 0 Å². The smallest absolute Gasteiger partial charge is 0.233 e. The number of hydrogen-bond acceptors (Lipinski definition) is 4. The molecule has 2 aromatic carbocycles. The van der Waals surface area contributed by atoms with Crippen LogP contribution in [0.15, 0.2) is 88.6 Å². The van der Waals surface area contributed by atoms with Crippen LogP contribution in [0.2, 0.25) is 0 Å². The standard InChI is InChI=1S/C23H21N3O2S/c1-26(15-19-13-8-14-28-19)20(27)16-29-23-24-21(17-9-4-2-5-10-17)22(25-23)18-11-6-3-7-12-18/h2-14H,15-16H2,1H3,(H,24,25). The van der Waals surface area contributed by atoms with Crippen molar-refractivity contribution in [3.63, 3.8) is 0 Å². The van der Waals surface area contributed by atoms with Crippen LogP contribution in [0.3, 0.4) is 0 Å². The number of carbonyl (C=O) groups excluding carboxylic acids is 1. The van der Waals surface area contributed by atoms with Gasteiger partial charge in [0.15, 0.2) is 5.16 Å². The lowest BCUT2D eigenvalue weighted by Crippen LogP contribution is -2.27. The van der Waals surface area contributed by atoms with Crippen LogP contribution >= 0.6 is 11.8 Å². The molecule has 0 atom stereocenters. The fourth-order valence-electron chi connectivity index (χ4n) is 3.00. The molecular weight excluding hydrogens is 382 g/mol. The number of nitrogens with zero attached hydrogens (tertiary/aromatic N) is 2. The lowest BCUT2D eigenvalue weighted by atomic mass is 10.1. The zero-order valence-corrected chi connectivity index (χ0v) is 16.9. The Kier molecular flexibility index (Phi) is 5.81. The molecule has 0 aliphatic heterocycles. The van der Waals surface area contributed by atoms with Crippen LogP contribution in [-0.2, 0) is 11.3 Å². The Morgan fingerprint density at radius 3 is 2.34 bits per heavy atom. The highest BCUT2D eigenvalue weighted by atomic mass is 32.2. The number of aromatic nitrogens is 2. The van der Waals surface area contributed by atoms with Gasteiger partial charge in [0.05, 0.1) is 29.9 Å². The van der Waals surface area contributed by atoms with Crippen molar-refractivity contribution in [1.29, 1.82) is 0 Å². The second-order valence-corrected chi connectivity index (χ2v) is 7.58. The van der Waals surface area contributed by atoms with E-state index in [1.807, 2.05) is 60.7 Å². The molecule has 0 saturated heterocycles. The zero-order valence-electron chi connectivity index (χ0n) is 16.0. The molecule has 1 amide bonds. The first-order valence-corrected chi connectivity index (χ1v) is 10.3. The van der Waals surface area contributed by atoms with Gasteiger partial charge >= 0.3 is 0 Å². The number of thioether (sulfide) groups is 1. The molecule has 5 nitrogen and oxygen atoms in total. The van der Waals surface area contributed by atoms with Gasteiger partial charge in [-0.1, -0.05) is 72.4 Å². The fraction of sp³-hybridized carbons (Fsp3) is 0.130. The molecule has 1 N–H and O–H groups in total. The van der Waals surface area contributed by atoms with E-state index in [9.17, 15) is 4.79 Å². The predicted molar refractivity (Wildman–Crippen MR) is 115 cm³/mol. The molecule has 0 aliphatic rings. The lowest BCUT2D eigenvalue weighted by Gasteiger charge is -2.14. The van der Waals surface area contributed by atoms with Gasteiger partial charge < -0.3 is 14.3 Å². The van der Waals surface area contributed by atoms with E-state index in [1.165, 1.54) is 11.8 Å². The average molecular weight is 404 g/mol. The Hall–Kier alpha value is -3.25. The molecule has 6 heteroatoms. The van der Waals surface area contributed by atoms with E-state index >= 15 is 0 Å². The molecule has 0 aliphatic carbocycles. The number of imidazole rings is 1. The van der Waals surface area contributed by atoms with Crippen molar-refractivity contribution >= 4 is 17.7 Å². The molecule has 0 radical (unpaired) electrons. The minimum atomic E-state index is 0.0188. The molecule has 4 aromatic rings. The van der Waals surface area contributed by atoms with Crippen molar-refractivity contribution in [2.24, 2.45) is 0 Å². The van der Waals surface area contributed by atoms with E-state index in [1.54, 1.807) is 18.2 Å². The minimum absolute atomic E-state index is 0.0188. The summed E-state index contributed by atoms with van der Waals surface area (Å²) >= 11 is 1.41. The molecule has 146 valence electrons. The normalized spacial score (nSPS) is 10.8. The number of rotatable bonds is 7. The number of aromatic amines is 1. The van der Waals surface area contributed by atoms with Gasteiger partial charge in [-0.25, -0.2) is 4.98 Å². The number of amides is 1. The van der Waals surface area contributed by atoms with Crippen molar-refractivity contribution < 1.29 is 9.21 Å². The largest absolute Gasteiger partial charge is 0.467 e. The summed E-state index contributed by atoms with van der Waals surface area (Å²) in [4.78, 5) is 22.3. The fourth-order valence-corrected chi connectivity index (χ4v) is 3.81. The second-order valence-electron chi connectivity index (χ2n) is 6.62. The van der Waals surface area contributed by atoms with Crippen LogP contribution in [0.4, 0.5) is 0 Å². The molecule has 4 rings (SSSR count). The van der Waals surface area contributed by atoms with E-state index in [0.29, 0.717) is 12.3 Å². The molecule has 0 bridgehead atoms. The number of H-pyrrole nitrogens is 1. The van der Waals surface area contributed by atoms with Crippen LogP contribution in [0.5, 0.6) is 0 Å². The highest BCUT2D eigenvalue weighted by molar-refractivity contribution is 7.99. The topological polar surface area (TPSA) is 62.1 Å². The summed E-state index contributed by atoms with van der Waals surface area (Å²) in [5, 5.41) is 0.724. The van der Waals surface area contributed by atoms with Crippen molar-refractivity contribution in [2.45, 2.75) is 11.7 Å². The number of nitrogens with one attached hydrogen (secondary N) is 1. The molecule has 0 unspecified atom stereocenters. The maximum absolute atomic E-state index is 12.5. The third-order valence-electron chi connectivity index (χ3n) is 4.52. The van der Waals surface area contributed by atoms with Crippen LogP contribution in [0.1, 0.15) is 5.76 Å². The van der Waals surface area contributed by atoms with Gasteiger partial charge in [0.2, 0.25) is 5.91 Å². The molecule has 29 heavy (non-hydrogen) atoms. The van der Waals surface area contributed by atoms with Crippen molar-refractivity contribution in [1.82, 2.24) is 14.9 Å². The molecule has 2 aromatic heterocycles. The number of carbonyl (C=O) groups is 1. The van der Waals surface area contributed by atoms with Gasteiger partial charge in [-0.2, -0.15) is 0 Å². The third-order valence-corrected chi connectivity index (χ3v) is 5.38. The van der Waals surface area contributed by atoms with Crippen molar-refractivity contribution in [3.05, 3.63) is 84.8 Å². The van der Waals surface area contributed by atoms with Crippen molar-refractivity contribution in [2.75, 3.05) is 12.8 Å². The molecule has 2 heterocycles. The number of furan rings is 1. The average Bonchev–Trinajstić information content (AvgIpc) is 3.43. The first kappa shape index (κ1) is 19.1. The van der Waals surface area contributed by atoms with E-state index in [4.69, 9.17) is 9.40 Å².